The van der Waals surface area contributed by atoms with Gasteiger partial charge in [0.15, 0.2) is 0 Å². The van der Waals surface area contributed by atoms with E-state index < -0.39 is 5.91 Å². The highest BCUT2D eigenvalue weighted by molar-refractivity contribution is 7.14. The molecule has 0 aliphatic heterocycles. The van der Waals surface area contributed by atoms with Crippen LogP contribution >= 0.6 is 11.3 Å². The van der Waals surface area contributed by atoms with Crippen LogP contribution in [0.25, 0.3) is 10.8 Å². The third kappa shape index (κ3) is 2.56. The summed E-state index contributed by atoms with van der Waals surface area (Å²) in [7, 11) is 1.72. The van der Waals surface area contributed by atoms with Gasteiger partial charge in [0.25, 0.3) is 5.91 Å². The van der Waals surface area contributed by atoms with Crippen molar-refractivity contribution in [1.82, 2.24) is 4.98 Å². The van der Waals surface area contributed by atoms with Crippen LogP contribution in [0.4, 0.5) is 5.00 Å². The van der Waals surface area contributed by atoms with Gasteiger partial charge in [-0.25, -0.2) is 0 Å². The lowest BCUT2D eigenvalue weighted by atomic mass is 10.0. The van der Waals surface area contributed by atoms with Crippen molar-refractivity contribution in [1.29, 1.82) is 0 Å². The average molecular weight is 311 g/mol. The maximum Gasteiger partial charge on any atom is 0.258 e. The molecule has 0 saturated heterocycles. The second kappa shape index (κ2) is 5.57. The van der Waals surface area contributed by atoms with E-state index in [9.17, 15) is 9.59 Å². The summed E-state index contributed by atoms with van der Waals surface area (Å²) in [5.41, 5.74) is 7.99. The number of hydrogen-bond donors (Lipinski definition) is 1. The number of aromatic nitrogens is 1. The number of carbonyl (C=O) groups excluding carboxylic acids is 2. The molecule has 0 aliphatic rings. The van der Waals surface area contributed by atoms with Crippen LogP contribution in [-0.2, 0) is 0 Å². The summed E-state index contributed by atoms with van der Waals surface area (Å²) in [6, 6.07) is 10.5. The van der Waals surface area contributed by atoms with Crippen LogP contribution in [0, 0.1) is 0 Å². The molecule has 0 saturated carbocycles. The van der Waals surface area contributed by atoms with E-state index in [4.69, 9.17) is 5.73 Å². The number of nitrogens with two attached hydrogens (primary N) is 1. The molecule has 1 aromatic heterocycles. The van der Waals surface area contributed by atoms with Crippen molar-refractivity contribution in [3.63, 3.8) is 0 Å². The van der Waals surface area contributed by atoms with Gasteiger partial charge in [-0.2, -0.15) is 0 Å². The Balaban J connectivity index is 1.96. The van der Waals surface area contributed by atoms with E-state index in [-0.39, 0.29) is 5.91 Å². The number of fused-ring (bicyclic) bond motifs is 1. The quantitative estimate of drug-likeness (QED) is 0.808. The van der Waals surface area contributed by atoms with Crippen LogP contribution < -0.4 is 10.6 Å². The van der Waals surface area contributed by atoms with Crippen molar-refractivity contribution in [2.45, 2.75) is 0 Å². The Kier molecular flexibility index (Phi) is 3.60. The van der Waals surface area contributed by atoms with Crippen molar-refractivity contribution >= 4 is 38.9 Å². The molecule has 5 nitrogen and oxygen atoms in total. The highest BCUT2D eigenvalue weighted by Gasteiger charge is 2.15. The molecule has 0 spiro atoms. The van der Waals surface area contributed by atoms with Crippen LogP contribution in [-0.4, -0.2) is 23.8 Å². The zero-order valence-electron chi connectivity index (χ0n) is 11.8. The third-order valence-corrected chi connectivity index (χ3v) is 4.27. The third-order valence-electron chi connectivity index (χ3n) is 3.43. The van der Waals surface area contributed by atoms with Gasteiger partial charge in [0, 0.05) is 18.2 Å². The zero-order valence-corrected chi connectivity index (χ0v) is 12.6. The minimum absolute atomic E-state index is 0.106. The summed E-state index contributed by atoms with van der Waals surface area (Å²) in [6.07, 6.45) is 1.66. The lowest BCUT2D eigenvalue weighted by molar-refractivity contribution is 0.0988. The standard InChI is InChI=1S/C16H13N3O2S/c1-19(14-8-18-9-22-14)16(21)13-5-3-10-6-12(15(17)20)4-2-11(10)7-13/h2-9H,1H3,(H2,17,20). The first-order valence-corrected chi connectivity index (χ1v) is 7.44. The summed E-state index contributed by atoms with van der Waals surface area (Å²) in [4.78, 5) is 29.2. The van der Waals surface area contributed by atoms with E-state index in [2.05, 4.69) is 4.98 Å². The summed E-state index contributed by atoms with van der Waals surface area (Å²) in [5, 5.41) is 2.54. The SMILES string of the molecule is CN(C(=O)c1ccc2cc(C(N)=O)ccc2c1)c1cncs1. The van der Waals surface area contributed by atoms with Crippen molar-refractivity contribution in [2.24, 2.45) is 5.73 Å². The van der Waals surface area contributed by atoms with Crippen LogP contribution in [0.1, 0.15) is 20.7 Å². The number of carbonyl (C=O) groups is 2. The molecule has 0 aliphatic carbocycles. The predicted molar refractivity (Wildman–Crippen MR) is 87.3 cm³/mol. The Morgan fingerprint density at radius 3 is 2.32 bits per heavy atom. The van der Waals surface area contributed by atoms with Crippen molar-refractivity contribution in [3.8, 4) is 0 Å². The van der Waals surface area contributed by atoms with E-state index in [1.807, 2.05) is 6.07 Å². The fraction of sp³-hybridized carbons (Fsp3) is 0.0625. The maximum atomic E-state index is 12.5. The normalized spacial score (nSPS) is 10.6. The van der Waals surface area contributed by atoms with Crippen molar-refractivity contribution in [3.05, 3.63) is 59.2 Å². The van der Waals surface area contributed by atoms with Gasteiger partial charge in [-0.15, -0.1) is 11.3 Å². The molecule has 0 fully saturated rings. The fourth-order valence-electron chi connectivity index (χ4n) is 2.20. The van der Waals surface area contributed by atoms with E-state index in [1.54, 1.807) is 54.0 Å². The van der Waals surface area contributed by atoms with Gasteiger partial charge < -0.3 is 10.6 Å². The molecule has 1 heterocycles. The topological polar surface area (TPSA) is 76.3 Å². The van der Waals surface area contributed by atoms with E-state index in [0.717, 1.165) is 15.8 Å². The number of thiazole rings is 1. The van der Waals surface area contributed by atoms with E-state index in [0.29, 0.717) is 11.1 Å². The predicted octanol–water partition coefficient (Wildman–Crippen LogP) is 2.67. The molecular weight excluding hydrogens is 298 g/mol. The van der Waals surface area contributed by atoms with Crippen LogP contribution in [0.2, 0.25) is 0 Å². The number of primary amides is 1. The number of rotatable bonds is 3. The summed E-state index contributed by atoms with van der Waals surface area (Å²) in [5.74, 6) is -0.572. The van der Waals surface area contributed by atoms with Gasteiger partial charge in [-0.05, 0) is 35.0 Å². The average Bonchev–Trinajstić information content (AvgIpc) is 3.06. The minimum Gasteiger partial charge on any atom is -0.366 e. The molecule has 0 atom stereocenters. The van der Waals surface area contributed by atoms with Crippen molar-refractivity contribution in [2.75, 3.05) is 11.9 Å². The van der Waals surface area contributed by atoms with Crippen LogP contribution in [0.15, 0.2) is 48.1 Å². The molecular formula is C16H13N3O2S. The highest BCUT2D eigenvalue weighted by Crippen LogP contribution is 2.22. The Morgan fingerprint density at radius 1 is 1.09 bits per heavy atom. The molecule has 0 bridgehead atoms. The lowest BCUT2D eigenvalue weighted by Crippen LogP contribution is -2.25. The summed E-state index contributed by atoms with van der Waals surface area (Å²) < 4.78 is 0. The summed E-state index contributed by atoms with van der Waals surface area (Å²) in [6.45, 7) is 0. The number of nitrogens with zero attached hydrogens (tertiary/aromatic N) is 2. The Morgan fingerprint density at radius 2 is 1.73 bits per heavy atom. The number of benzene rings is 2. The largest absolute Gasteiger partial charge is 0.366 e. The number of amides is 2. The first kappa shape index (κ1) is 14.2. The molecule has 3 aromatic rings. The molecule has 0 unspecified atom stereocenters. The molecule has 22 heavy (non-hydrogen) atoms. The maximum absolute atomic E-state index is 12.5. The smallest absolute Gasteiger partial charge is 0.258 e. The fourth-order valence-corrected chi connectivity index (χ4v) is 2.79. The van der Waals surface area contributed by atoms with Gasteiger partial charge in [-0.3, -0.25) is 14.6 Å². The molecule has 3 rings (SSSR count). The first-order chi connectivity index (χ1) is 10.6. The van der Waals surface area contributed by atoms with E-state index >= 15 is 0 Å². The van der Waals surface area contributed by atoms with Gasteiger partial charge in [0.2, 0.25) is 5.91 Å². The van der Waals surface area contributed by atoms with E-state index in [1.165, 1.54) is 11.3 Å². The van der Waals surface area contributed by atoms with Crippen molar-refractivity contribution < 1.29 is 9.59 Å². The number of hydrogen-bond acceptors (Lipinski definition) is 4. The van der Waals surface area contributed by atoms with Gasteiger partial charge in [0.1, 0.15) is 5.00 Å². The second-order valence-corrected chi connectivity index (χ2v) is 5.71. The van der Waals surface area contributed by atoms with Gasteiger partial charge >= 0.3 is 0 Å². The Bertz CT molecular complexity index is 859. The van der Waals surface area contributed by atoms with Crippen LogP contribution in [0.3, 0.4) is 0 Å². The lowest BCUT2D eigenvalue weighted by Gasteiger charge is -2.14. The molecule has 110 valence electrons. The Labute approximate surface area is 131 Å². The molecule has 0 radical (unpaired) electrons. The Hall–Kier alpha value is -2.73. The monoisotopic (exact) mass is 311 g/mol. The minimum atomic E-state index is -0.466. The summed E-state index contributed by atoms with van der Waals surface area (Å²) >= 11 is 1.41. The molecule has 2 aromatic carbocycles. The zero-order chi connectivity index (χ0) is 15.7. The second-order valence-electron chi connectivity index (χ2n) is 4.84. The van der Waals surface area contributed by atoms with Gasteiger partial charge in [0.05, 0.1) is 11.7 Å². The number of anilines is 1. The van der Waals surface area contributed by atoms with Gasteiger partial charge in [-0.1, -0.05) is 12.1 Å². The molecule has 2 N–H and O–H groups in total. The molecule has 6 heteroatoms. The highest BCUT2D eigenvalue weighted by atomic mass is 32.1. The molecule has 2 amide bonds. The van der Waals surface area contributed by atoms with Crippen LogP contribution in [0.5, 0.6) is 0 Å². The first-order valence-electron chi connectivity index (χ1n) is 6.56.